The molecule has 3 aromatic heterocycles. The summed E-state index contributed by atoms with van der Waals surface area (Å²) in [6, 6.07) is 17.7. The highest BCUT2D eigenvalue weighted by Crippen LogP contribution is 2.30. The molecule has 10 heteroatoms. The number of methoxy groups -OCH3 is 1. The highest BCUT2D eigenvalue weighted by atomic mass is 19.1. The first-order valence-electron chi connectivity index (χ1n) is 11.8. The predicted molar refractivity (Wildman–Crippen MR) is 144 cm³/mol. The second kappa shape index (κ2) is 10.6. The molecule has 0 amide bonds. The first-order valence-corrected chi connectivity index (χ1v) is 11.8. The molecule has 0 aliphatic rings. The minimum atomic E-state index is -0.594. The molecule has 0 atom stereocenters. The zero-order chi connectivity index (χ0) is 26.6. The highest BCUT2D eigenvalue weighted by Gasteiger charge is 2.14. The molecule has 0 saturated heterocycles. The summed E-state index contributed by atoms with van der Waals surface area (Å²) in [6.45, 7) is 0.387. The van der Waals surface area contributed by atoms with Gasteiger partial charge in [0.05, 0.1) is 23.9 Å². The van der Waals surface area contributed by atoms with Gasteiger partial charge in [-0.15, -0.1) is 0 Å². The van der Waals surface area contributed by atoms with Crippen molar-refractivity contribution in [2.24, 2.45) is 7.05 Å². The Balaban J connectivity index is 1.34. The second-order valence-corrected chi connectivity index (χ2v) is 8.44. The number of halogens is 1. The third-order valence-corrected chi connectivity index (χ3v) is 6.03. The number of rotatable bonds is 8. The standard InChI is InChI=1S/C28H25FN6O3/c1-30-28-33-16-21(27(36)35(28)2)23-10-6-18-14-20(9-11-22(18)34-23)38-24-12-13-31-26(25(24)29)32-15-17-4-7-19(37-3)8-5-17/h4-14,16H,15H2,1-3H3,(H,30,33)(H,31,32). The fourth-order valence-corrected chi connectivity index (χ4v) is 3.95. The maximum atomic E-state index is 15.1. The van der Waals surface area contributed by atoms with Gasteiger partial charge in [-0.05, 0) is 42.0 Å². The van der Waals surface area contributed by atoms with Crippen LogP contribution in [-0.4, -0.2) is 33.7 Å². The van der Waals surface area contributed by atoms with Crippen LogP contribution < -0.4 is 25.7 Å². The number of hydrogen-bond acceptors (Lipinski definition) is 8. The molecule has 2 N–H and O–H groups in total. The van der Waals surface area contributed by atoms with Gasteiger partial charge in [0, 0.05) is 44.5 Å². The van der Waals surface area contributed by atoms with Crippen molar-refractivity contribution >= 4 is 22.7 Å². The first-order chi connectivity index (χ1) is 18.5. The van der Waals surface area contributed by atoms with E-state index in [9.17, 15) is 4.79 Å². The smallest absolute Gasteiger partial charge is 0.264 e. The number of hydrogen-bond donors (Lipinski definition) is 2. The van der Waals surface area contributed by atoms with Crippen LogP contribution in [0.4, 0.5) is 16.2 Å². The molecule has 3 heterocycles. The molecule has 0 unspecified atom stereocenters. The van der Waals surface area contributed by atoms with E-state index in [2.05, 4.69) is 25.6 Å². The Morgan fingerprint density at radius 3 is 2.55 bits per heavy atom. The fourth-order valence-electron chi connectivity index (χ4n) is 3.95. The van der Waals surface area contributed by atoms with Gasteiger partial charge in [0.1, 0.15) is 11.5 Å². The molecule has 0 fully saturated rings. The Kier molecular flexibility index (Phi) is 6.86. The zero-order valence-electron chi connectivity index (χ0n) is 21.0. The molecule has 38 heavy (non-hydrogen) atoms. The Morgan fingerprint density at radius 1 is 1.00 bits per heavy atom. The molecule has 5 rings (SSSR count). The molecule has 192 valence electrons. The lowest BCUT2D eigenvalue weighted by molar-refractivity contribution is 0.414. The average molecular weight is 513 g/mol. The quantitative estimate of drug-likeness (QED) is 0.300. The van der Waals surface area contributed by atoms with Crippen molar-refractivity contribution in [1.29, 1.82) is 0 Å². The molecule has 0 bridgehead atoms. The van der Waals surface area contributed by atoms with Gasteiger partial charge in [0.2, 0.25) is 11.8 Å². The maximum Gasteiger partial charge on any atom is 0.264 e. The van der Waals surface area contributed by atoms with Gasteiger partial charge in [-0.1, -0.05) is 18.2 Å². The number of nitrogens with zero attached hydrogens (tertiary/aromatic N) is 4. The van der Waals surface area contributed by atoms with Crippen molar-refractivity contribution in [3.05, 3.63) is 94.8 Å². The van der Waals surface area contributed by atoms with Crippen LogP contribution in [0.25, 0.3) is 22.2 Å². The largest absolute Gasteiger partial charge is 0.497 e. The van der Waals surface area contributed by atoms with E-state index in [0.29, 0.717) is 35.0 Å². The number of aromatic nitrogens is 4. The van der Waals surface area contributed by atoms with Crippen LogP contribution in [0.3, 0.4) is 0 Å². The predicted octanol–water partition coefficient (Wildman–Crippen LogP) is 4.98. The summed E-state index contributed by atoms with van der Waals surface area (Å²) in [6.07, 6.45) is 2.99. The van der Waals surface area contributed by atoms with E-state index in [1.54, 1.807) is 45.5 Å². The van der Waals surface area contributed by atoms with Crippen molar-refractivity contribution in [3.63, 3.8) is 0 Å². The average Bonchev–Trinajstić information content (AvgIpc) is 2.95. The summed E-state index contributed by atoms with van der Waals surface area (Å²) >= 11 is 0. The van der Waals surface area contributed by atoms with Crippen molar-refractivity contribution in [2.75, 3.05) is 24.8 Å². The SMILES string of the molecule is CNc1ncc(-c2ccc3cc(Oc4ccnc(NCc5ccc(OC)cc5)c4F)ccc3n2)c(=O)n1C. The molecule has 0 saturated carbocycles. The Hall–Kier alpha value is -4.99. The molecular weight excluding hydrogens is 487 g/mol. The molecular formula is C28H25FN6O3. The third kappa shape index (κ3) is 4.96. The lowest BCUT2D eigenvalue weighted by atomic mass is 10.1. The summed E-state index contributed by atoms with van der Waals surface area (Å²) in [7, 11) is 4.95. The fraction of sp³-hybridized carbons (Fsp3) is 0.143. The molecule has 0 aliphatic heterocycles. The van der Waals surface area contributed by atoms with Crippen LogP contribution in [0.5, 0.6) is 17.2 Å². The number of pyridine rings is 2. The normalized spacial score (nSPS) is 10.8. The van der Waals surface area contributed by atoms with Crippen molar-refractivity contribution in [1.82, 2.24) is 19.5 Å². The Morgan fingerprint density at radius 2 is 1.79 bits per heavy atom. The van der Waals surface area contributed by atoms with Gasteiger partial charge in [-0.2, -0.15) is 4.39 Å². The number of anilines is 2. The zero-order valence-corrected chi connectivity index (χ0v) is 21.0. The molecule has 2 aromatic carbocycles. The first kappa shape index (κ1) is 24.7. The van der Waals surface area contributed by atoms with Crippen LogP contribution in [0.2, 0.25) is 0 Å². The summed E-state index contributed by atoms with van der Waals surface area (Å²) in [4.78, 5) is 25.7. The summed E-state index contributed by atoms with van der Waals surface area (Å²) in [5.74, 6) is 1.19. The van der Waals surface area contributed by atoms with Crippen LogP contribution in [0, 0.1) is 5.82 Å². The summed E-state index contributed by atoms with van der Waals surface area (Å²) in [5, 5.41) is 6.66. The number of ether oxygens (including phenoxy) is 2. The van der Waals surface area contributed by atoms with E-state index >= 15 is 4.39 Å². The molecule has 0 radical (unpaired) electrons. The minimum Gasteiger partial charge on any atom is -0.497 e. The van der Waals surface area contributed by atoms with Crippen LogP contribution in [0.15, 0.2) is 77.9 Å². The maximum absolute atomic E-state index is 15.1. The topological polar surface area (TPSA) is 103 Å². The van der Waals surface area contributed by atoms with E-state index in [1.165, 1.54) is 23.0 Å². The summed E-state index contributed by atoms with van der Waals surface area (Å²) in [5.41, 5.74) is 2.30. The summed E-state index contributed by atoms with van der Waals surface area (Å²) < 4.78 is 27.6. The van der Waals surface area contributed by atoms with Gasteiger partial charge in [0.25, 0.3) is 5.56 Å². The van der Waals surface area contributed by atoms with E-state index in [4.69, 9.17) is 9.47 Å². The van der Waals surface area contributed by atoms with Crippen molar-refractivity contribution < 1.29 is 13.9 Å². The van der Waals surface area contributed by atoms with Gasteiger partial charge in [-0.25, -0.2) is 15.0 Å². The minimum absolute atomic E-state index is 0.0420. The molecule has 5 aromatic rings. The van der Waals surface area contributed by atoms with E-state index in [0.717, 1.165) is 16.7 Å². The lowest BCUT2D eigenvalue weighted by Crippen LogP contribution is -2.22. The third-order valence-electron chi connectivity index (χ3n) is 6.03. The number of benzene rings is 2. The van der Waals surface area contributed by atoms with Gasteiger partial charge < -0.3 is 20.1 Å². The number of nitrogens with one attached hydrogen (secondary N) is 2. The Bertz CT molecular complexity index is 1670. The lowest BCUT2D eigenvalue weighted by Gasteiger charge is -2.12. The van der Waals surface area contributed by atoms with E-state index in [1.807, 2.05) is 30.3 Å². The molecule has 0 aliphatic carbocycles. The van der Waals surface area contributed by atoms with E-state index < -0.39 is 5.82 Å². The van der Waals surface area contributed by atoms with Crippen LogP contribution >= 0.6 is 0 Å². The highest BCUT2D eigenvalue weighted by molar-refractivity contribution is 5.83. The van der Waals surface area contributed by atoms with Crippen molar-refractivity contribution in [3.8, 4) is 28.5 Å². The Labute approximate surface area is 217 Å². The molecule has 0 spiro atoms. The second-order valence-electron chi connectivity index (χ2n) is 8.44. The molecule has 9 nitrogen and oxygen atoms in total. The van der Waals surface area contributed by atoms with Gasteiger partial charge >= 0.3 is 0 Å². The van der Waals surface area contributed by atoms with E-state index in [-0.39, 0.29) is 17.1 Å². The van der Waals surface area contributed by atoms with Gasteiger partial charge in [-0.3, -0.25) is 9.36 Å². The van der Waals surface area contributed by atoms with Crippen LogP contribution in [0.1, 0.15) is 5.56 Å². The van der Waals surface area contributed by atoms with Crippen LogP contribution in [-0.2, 0) is 13.6 Å². The number of fused-ring (bicyclic) bond motifs is 1. The van der Waals surface area contributed by atoms with Crippen molar-refractivity contribution in [2.45, 2.75) is 6.54 Å². The monoisotopic (exact) mass is 512 g/mol. The van der Waals surface area contributed by atoms with Gasteiger partial charge in [0.15, 0.2) is 11.6 Å².